The molecule has 1 aromatic heterocycles. The van der Waals surface area contributed by atoms with E-state index in [1.165, 1.54) is 0 Å². The summed E-state index contributed by atoms with van der Waals surface area (Å²) in [6.45, 7) is 0.409. The number of carbonyl (C=O) groups is 1. The summed E-state index contributed by atoms with van der Waals surface area (Å²) < 4.78 is 24.4. The van der Waals surface area contributed by atoms with Crippen LogP contribution in [0.4, 0.5) is 5.82 Å². The van der Waals surface area contributed by atoms with E-state index in [9.17, 15) is 13.2 Å². The number of carbonyl (C=O) groups excluding carboxylic acids is 1. The third kappa shape index (κ3) is 3.30. The van der Waals surface area contributed by atoms with Gasteiger partial charge in [-0.1, -0.05) is 0 Å². The minimum atomic E-state index is -3.01. The highest BCUT2D eigenvalue weighted by Crippen LogP contribution is 2.08. The van der Waals surface area contributed by atoms with Crippen molar-refractivity contribution >= 4 is 21.6 Å². The molecule has 1 amide bonds. The standard InChI is InChI=1S/C10H16N4O3S/c1-14-9(2-3-12-14)13-10(15)6-8-7-18(16,17)5-4-11-8/h2-3,8,11H,4-7H2,1H3,(H,13,15). The summed E-state index contributed by atoms with van der Waals surface area (Å²) in [6.07, 6.45) is 1.73. The van der Waals surface area contributed by atoms with E-state index in [1.54, 1.807) is 24.0 Å². The highest BCUT2D eigenvalue weighted by Gasteiger charge is 2.26. The average molecular weight is 272 g/mol. The molecule has 1 unspecified atom stereocenters. The topological polar surface area (TPSA) is 93.1 Å². The Bertz CT molecular complexity index is 537. The number of aryl methyl sites for hydroxylation is 1. The molecule has 2 rings (SSSR count). The Balaban J connectivity index is 1.90. The Labute approximate surface area is 105 Å². The largest absolute Gasteiger partial charge is 0.311 e. The molecule has 2 heterocycles. The summed E-state index contributed by atoms with van der Waals surface area (Å²) in [5.41, 5.74) is 0. The van der Waals surface area contributed by atoms with Crippen LogP contribution < -0.4 is 10.6 Å². The zero-order chi connectivity index (χ0) is 13.2. The molecule has 0 radical (unpaired) electrons. The number of anilines is 1. The van der Waals surface area contributed by atoms with Crippen LogP contribution in [-0.2, 0) is 21.7 Å². The number of hydrogen-bond acceptors (Lipinski definition) is 5. The van der Waals surface area contributed by atoms with Gasteiger partial charge in [-0.25, -0.2) is 8.42 Å². The molecule has 0 aliphatic carbocycles. The van der Waals surface area contributed by atoms with Crippen LogP contribution in [0.15, 0.2) is 12.3 Å². The van der Waals surface area contributed by atoms with Gasteiger partial charge in [0.15, 0.2) is 9.84 Å². The van der Waals surface area contributed by atoms with Gasteiger partial charge in [-0.05, 0) is 0 Å². The van der Waals surface area contributed by atoms with Crippen molar-refractivity contribution in [2.45, 2.75) is 12.5 Å². The van der Waals surface area contributed by atoms with Crippen molar-refractivity contribution in [2.75, 3.05) is 23.4 Å². The van der Waals surface area contributed by atoms with Crippen molar-refractivity contribution in [3.63, 3.8) is 0 Å². The summed E-state index contributed by atoms with van der Waals surface area (Å²) in [5, 5.41) is 9.66. The predicted octanol–water partition coefficient (Wildman–Crippen LogP) is -0.865. The monoisotopic (exact) mass is 272 g/mol. The molecule has 1 saturated heterocycles. The average Bonchev–Trinajstić information content (AvgIpc) is 2.62. The van der Waals surface area contributed by atoms with E-state index in [2.05, 4.69) is 15.7 Å². The normalized spacial score (nSPS) is 22.6. The molecule has 0 saturated carbocycles. The zero-order valence-corrected chi connectivity index (χ0v) is 10.9. The van der Waals surface area contributed by atoms with Gasteiger partial charge in [-0.15, -0.1) is 0 Å². The molecule has 1 atom stereocenters. The van der Waals surface area contributed by atoms with Crippen LogP contribution in [0.3, 0.4) is 0 Å². The molecule has 0 spiro atoms. The summed E-state index contributed by atoms with van der Waals surface area (Å²) >= 11 is 0. The molecule has 1 aliphatic rings. The van der Waals surface area contributed by atoms with Gasteiger partial charge in [0.2, 0.25) is 5.91 Å². The van der Waals surface area contributed by atoms with Crippen LogP contribution in [0.25, 0.3) is 0 Å². The summed E-state index contributed by atoms with van der Waals surface area (Å²) in [5.74, 6) is 0.547. The van der Waals surface area contributed by atoms with Gasteiger partial charge in [0.25, 0.3) is 0 Å². The van der Waals surface area contributed by atoms with Crippen LogP contribution in [0.1, 0.15) is 6.42 Å². The first-order valence-electron chi connectivity index (χ1n) is 5.68. The van der Waals surface area contributed by atoms with Crippen molar-refractivity contribution in [1.82, 2.24) is 15.1 Å². The number of hydrogen-bond donors (Lipinski definition) is 2. The van der Waals surface area contributed by atoms with Crippen molar-refractivity contribution in [1.29, 1.82) is 0 Å². The van der Waals surface area contributed by atoms with Crippen LogP contribution in [0.2, 0.25) is 0 Å². The Morgan fingerprint density at radius 2 is 2.44 bits per heavy atom. The van der Waals surface area contributed by atoms with Crippen LogP contribution in [0.5, 0.6) is 0 Å². The fourth-order valence-electron chi connectivity index (χ4n) is 1.91. The highest BCUT2D eigenvalue weighted by molar-refractivity contribution is 7.91. The molecule has 1 aliphatic heterocycles. The number of nitrogens with one attached hydrogen (secondary N) is 2. The maximum atomic E-state index is 11.8. The van der Waals surface area contributed by atoms with E-state index < -0.39 is 9.84 Å². The first-order valence-corrected chi connectivity index (χ1v) is 7.50. The minimum Gasteiger partial charge on any atom is -0.311 e. The van der Waals surface area contributed by atoms with Gasteiger partial charge < -0.3 is 10.6 Å². The number of aromatic nitrogens is 2. The zero-order valence-electron chi connectivity index (χ0n) is 10.1. The van der Waals surface area contributed by atoms with Gasteiger partial charge in [0.1, 0.15) is 5.82 Å². The molecule has 2 N–H and O–H groups in total. The first-order chi connectivity index (χ1) is 8.46. The molecule has 1 fully saturated rings. The van der Waals surface area contributed by atoms with Gasteiger partial charge in [0.05, 0.1) is 17.7 Å². The van der Waals surface area contributed by atoms with E-state index >= 15 is 0 Å². The van der Waals surface area contributed by atoms with Crippen LogP contribution in [0, 0.1) is 0 Å². The summed E-state index contributed by atoms with van der Waals surface area (Å²) in [7, 11) is -1.29. The van der Waals surface area contributed by atoms with Crippen LogP contribution in [-0.4, -0.2) is 48.2 Å². The number of nitrogens with zero attached hydrogens (tertiary/aromatic N) is 2. The van der Waals surface area contributed by atoms with Crippen molar-refractivity contribution in [3.8, 4) is 0 Å². The molecule has 7 nitrogen and oxygen atoms in total. The lowest BCUT2D eigenvalue weighted by Gasteiger charge is -2.23. The van der Waals surface area contributed by atoms with E-state index in [1.807, 2.05) is 0 Å². The first kappa shape index (κ1) is 13.0. The second kappa shape index (κ2) is 5.07. The summed E-state index contributed by atoms with van der Waals surface area (Å²) in [6, 6.07) is 1.38. The minimum absolute atomic E-state index is 0.0196. The Morgan fingerprint density at radius 1 is 1.67 bits per heavy atom. The maximum absolute atomic E-state index is 11.8. The quantitative estimate of drug-likeness (QED) is 0.746. The smallest absolute Gasteiger partial charge is 0.227 e. The predicted molar refractivity (Wildman–Crippen MR) is 66.9 cm³/mol. The Morgan fingerprint density at radius 3 is 3.06 bits per heavy atom. The number of sulfone groups is 1. The second-order valence-electron chi connectivity index (χ2n) is 4.36. The van der Waals surface area contributed by atoms with E-state index in [-0.39, 0.29) is 29.9 Å². The fraction of sp³-hybridized carbons (Fsp3) is 0.600. The maximum Gasteiger partial charge on any atom is 0.227 e. The van der Waals surface area contributed by atoms with Crippen molar-refractivity contribution < 1.29 is 13.2 Å². The Kier molecular flexibility index (Phi) is 3.67. The molecular weight excluding hydrogens is 256 g/mol. The highest BCUT2D eigenvalue weighted by atomic mass is 32.2. The lowest BCUT2D eigenvalue weighted by molar-refractivity contribution is -0.116. The van der Waals surface area contributed by atoms with E-state index in [4.69, 9.17) is 0 Å². The van der Waals surface area contributed by atoms with E-state index in [0.29, 0.717) is 12.4 Å². The van der Waals surface area contributed by atoms with Crippen molar-refractivity contribution in [2.24, 2.45) is 7.05 Å². The second-order valence-corrected chi connectivity index (χ2v) is 6.59. The molecule has 0 aromatic carbocycles. The molecule has 1 aromatic rings. The van der Waals surface area contributed by atoms with Gasteiger partial charge >= 0.3 is 0 Å². The molecule has 8 heteroatoms. The van der Waals surface area contributed by atoms with Gasteiger partial charge in [-0.2, -0.15) is 5.10 Å². The van der Waals surface area contributed by atoms with Gasteiger partial charge in [-0.3, -0.25) is 9.48 Å². The molecular formula is C10H16N4O3S. The number of amides is 1. The SMILES string of the molecule is Cn1nccc1NC(=O)CC1CS(=O)(=O)CCN1. The fourth-order valence-corrected chi connectivity index (χ4v) is 3.36. The summed E-state index contributed by atoms with van der Waals surface area (Å²) in [4.78, 5) is 11.8. The molecule has 0 bridgehead atoms. The lowest BCUT2D eigenvalue weighted by Crippen LogP contribution is -2.46. The van der Waals surface area contributed by atoms with Gasteiger partial charge in [0, 0.05) is 32.1 Å². The molecule has 18 heavy (non-hydrogen) atoms. The van der Waals surface area contributed by atoms with Crippen molar-refractivity contribution in [3.05, 3.63) is 12.3 Å². The Hall–Kier alpha value is -1.41. The molecule has 100 valence electrons. The van der Waals surface area contributed by atoms with Crippen LogP contribution >= 0.6 is 0 Å². The third-order valence-electron chi connectivity index (χ3n) is 2.82. The lowest BCUT2D eigenvalue weighted by atomic mass is 10.2. The number of rotatable bonds is 3. The third-order valence-corrected chi connectivity index (χ3v) is 4.56. The van der Waals surface area contributed by atoms with E-state index in [0.717, 1.165) is 0 Å².